The molecule has 1 aliphatic rings. The summed E-state index contributed by atoms with van der Waals surface area (Å²) in [6.45, 7) is 3.30. The van der Waals surface area contributed by atoms with E-state index < -0.39 is 0 Å². The van der Waals surface area contributed by atoms with Crippen LogP contribution in [0.4, 0.5) is 0 Å². The van der Waals surface area contributed by atoms with E-state index in [9.17, 15) is 4.79 Å². The number of nitrogens with one attached hydrogen (secondary N) is 1. The molecule has 3 aromatic rings. The molecule has 2 aromatic carbocycles. The Hall–Kier alpha value is -2.24. The molecule has 1 amide bonds. The van der Waals surface area contributed by atoms with E-state index in [4.69, 9.17) is 0 Å². The number of aromatic nitrogens is 1. The van der Waals surface area contributed by atoms with E-state index in [1.807, 2.05) is 34.7 Å². The van der Waals surface area contributed by atoms with Gasteiger partial charge in [-0.3, -0.25) is 4.79 Å². The Bertz CT molecular complexity index is 835. The van der Waals surface area contributed by atoms with Gasteiger partial charge in [0.2, 0.25) is 0 Å². The summed E-state index contributed by atoms with van der Waals surface area (Å²) in [5, 5.41) is 3.27. The Kier molecular flexibility index (Phi) is 3.81. The van der Waals surface area contributed by atoms with Crippen molar-refractivity contribution in [2.24, 2.45) is 0 Å². The van der Waals surface area contributed by atoms with E-state index in [2.05, 4.69) is 28.5 Å². The van der Waals surface area contributed by atoms with Crippen molar-refractivity contribution < 1.29 is 4.79 Å². The third-order valence-corrected chi connectivity index (χ3v) is 5.01. The number of hydrogen-bond donors (Lipinski definition) is 1. The normalized spacial score (nSPS) is 15.0. The monoisotopic (exact) mass is 323 g/mol. The van der Waals surface area contributed by atoms with Gasteiger partial charge in [0.1, 0.15) is 0 Å². The molecule has 0 unspecified atom stereocenters. The minimum absolute atomic E-state index is 0.119. The summed E-state index contributed by atoms with van der Waals surface area (Å²) in [7, 11) is 0. The Balaban J connectivity index is 1.58. The third-order valence-electron chi connectivity index (χ3n) is 4.20. The van der Waals surface area contributed by atoms with Crippen LogP contribution in [-0.2, 0) is 0 Å². The number of benzene rings is 2. The second-order valence-corrected chi connectivity index (χ2v) is 6.54. The van der Waals surface area contributed by atoms with Gasteiger partial charge in [-0.05, 0) is 35.4 Å². The number of amides is 1. The molecule has 2 heterocycles. The van der Waals surface area contributed by atoms with Crippen molar-refractivity contribution in [1.82, 2.24) is 15.2 Å². The molecule has 116 valence electrons. The van der Waals surface area contributed by atoms with Crippen LogP contribution in [0.2, 0.25) is 0 Å². The summed E-state index contributed by atoms with van der Waals surface area (Å²) in [5.74, 6) is 0.119. The molecule has 4 nitrogen and oxygen atoms in total. The van der Waals surface area contributed by atoms with Crippen molar-refractivity contribution in [2.45, 2.75) is 0 Å². The predicted molar refractivity (Wildman–Crippen MR) is 93.8 cm³/mol. The van der Waals surface area contributed by atoms with E-state index in [1.54, 1.807) is 11.3 Å². The van der Waals surface area contributed by atoms with Crippen molar-refractivity contribution in [3.05, 3.63) is 53.5 Å². The molecule has 1 saturated heterocycles. The number of thiazole rings is 1. The second kappa shape index (κ2) is 6.10. The minimum atomic E-state index is 0.119. The van der Waals surface area contributed by atoms with Crippen LogP contribution in [0.1, 0.15) is 10.4 Å². The molecule has 0 bridgehead atoms. The smallest absolute Gasteiger partial charge is 0.253 e. The van der Waals surface area contributed by atoms with E-state index in [0.717, 1.165) is 48.4 Å². The van der Waals surface area contributed by atoms with Gasteiger partial charge in [0.15, 0.2) is 0 Å². The molecule has 1 N–H and O–H groups in total. The SMILES string of the molecule is O=C(c1ccc(-c2ccc3scnc3c2)cc1)N1CCNCC1. The largest absolute Gasteiger partial charge is 0.336 e. The first-order valence-electron chi connectivity index (χ1n) is 7.75. The molecular weight excluding hydrogens is 306 g/mol. The number of fused-ring (bicyclic) bond motifs is 1. The van der Waals surface area contributed by atoms with E-state index in [0.29, 0.717) is 0 Å². The Morgan fingerprint density at radius 3 is 2.57 bits per heavy atom. The van der Waals surface area contributed by atoms with Crippen LogP contribution in [-0.4, -0.2) is 42.0 Å². The Labute approximate surface area is 138 Å². The van der Waals surface area contributed by atoms with Crippen LogP contribution in [0.25, 0.3) is 21.3 Å². The van der Waals surface area contributed by atoms with E-state index in [1.165, 1.54) is 4.70 Å². The molecule has 23 heavy (non-hydrogen) atoms. The summed E-state index contributed by atoms with van der Waals surface area (Å²) in [6.07, 6.45) is 0. The molecule has 0 radical (unpaired) electrons. The average molecular weight is 323 g/mol. The summed E-state index contributed by atoms with van der Waals surface area (Å²) >= 11 is 1.65. The zero-order valence-electron chi connectivity index (χ0n) is 12.7. The van der Waals surface area contributed by atoms with Crippen LogP contribution in [0.5, 0.6) is 0 Å². The fourth-order valence-electron chi connectivity index (χ4n) is 2.89. The number of piperazine rings is 1. The Morgan fingerprint density at radius 1 is 1.04 bits per heavy atom. The molecule has 0 atom stereocenters. The maximum absolute atomic E-state index is 12.5. The standard InChI is InChI=1S/C18H17N3OS/c22-18(21-9-7-19-8-10-21)14-3-1-13(2-4-14)15-5-6-17-16(11-15)20-12-23-17/h1-6,11-12,19H,7-10H2. The van der Waals surface area contributed by atoms with Crippen LogP contribution in [0, 0.1) is 0 Å². The maximum atomic E-state index is 12.5. The van der Waals surface area contributed by atoms with Crippen LogP contribution >= 0.6 is 11.3 Å². The van der Waals surface area contributed by atoms with Crippen LogP contribution in [0.15, 0.2) is 48.0 Å². The zero-order valence-corrected chi connectivity index (χ0v) is 13.5. The number of carbonyl (C=O) groups excluding carboxylic acids is 1. The predicted octanol–water partition coefficient (Wildman–Crippen LogP) is 3.01. The average Bonchev–Trinajstić information content (AvgIpc) is 3.10. The quantitative estimate of drug-likeness (QED) is 0.788. The van der Waals surface area contributed by atoms with Gasteiger partial charge in [-0.15, -0.1) is 11.3 Å². The molecule has 1 aliphatic heterocycles. The molecule has 0 aliphatic carbocycles. The lowest BCUT2D eigenvalue weighted by Gasteiger charge is -2.27. The Morgan fingerprint density at radius 2 is 1.78 bits per heavy atom. The van der Waals surface area contributed by atoms with Gasteiger partial charge in [0.05, 0.1) is 15.7 Å². The van der Waals surface area contributed by atoms with Gasteiger partial charge >= 0.3 is 0 Å². The summed E-state index contributed by atoms with van der Waals surface area (Å²) in [6, 6.07) is 14.2. The summed E-state index contributed by atoms with van der Waals surface area (Å²) in [4.78, 5) is 18.8. The van der Waals surface area contributed by atoms with Crippen molar-refractivity contribution >= 4 is 27.5 Å². The molecule has 0 saturated carbocycles. The third kappa shape index (κ3) is 2.85. The van der Waals surface area contributed by atoms with Gasteiger partial charge in [-0.2, -0.15) is 0 Å². The maximum Gasteiger partial charge on any atom is 0.253 e. The highest BCUT2D eigenvalue weighted by atomic mass is 32.1. The second-order valence-electron chi connectivity index (χ2n) is 5.65. The first kappa shape index (κ1) is 14.4. The van der Waals surface area contributed by atoms with Gasteiger partial charge in [-0.25, -0.2) is 4.98 Å². The van der Waals surface area contributed by atoms with Crippen LogP contribution < -0.4 is 5.32 Å². The highest BCUT2D eigenvalue weighted by Crippen LogP contribution is 2.26. The number of hydrogen-bond acceptors (Lipinski definition) is 4. The molecule has 5 heteroatoms. The van der Waals surface area contributed by atoms with Gasteiger partial charge < -0.3 is 10.2 Å². The lowest BCUT2D eigenvalue weighted by Crippen LogP contribution is -2.46. The molecule has 1 aromatic heterocycles. The van der Waals surface area contributed by atoms with E-state index >= 15 is 0 Å². The van der Waals surface area contributed by atoms with Gasteiger partial charge in [0.25, 0.3) is 5.91 Å². The first-order valence-corrected chi connectivity index (χ1v) is 8.63. The molecule has 4 rings (SSSR count). The zero-order chi connectivity index (χ0) is 15.6. The van der Waals surface area contributed by atoms with Crippen molar-refractivity contribution in [3.63, 3.8) is 0 Å². The minimum Gasteiger partial charge on any atom is -0.336 e. The fraction of sp³-hybridized carbons (Fsp3) is 0.222. The van der Waals surface area contributed by atoms with Gasteiger partial charge in [0, 0.05) is 31.7 Å². The summed E-state index contributed by atoms with van der Waals surface area (Å²) < 4.78 is 1.19. The highest BCUT2D eigenvalue weighted by Gasteiger charge is 2.17. The van der Waals surface area contributed by atoms with Crippen molar-refractivity contribution in [3.8, 4) is 11.1 Å². The van der Waals surface area contributed by atoms with Gasteiger partial charge in [-0.1, -0.05) is 18.2 Å². The first-order chi connectivity index (χ1) is 11.3. The highest BCUT2D eigenvalue weighted by molar-refractivity contribution is 7.16. The lowest BCUT2D eigenvalue weighted by molar-refractivity contribution is 0.0736. The van der Waals surface area contributed by atoms with Crippen LogP contribution in [0.3, 0.4) is 0 Å². The number of nitrogens with zero attached hydrogens (tertiary/aromatic N) is 2. The molecule has 1 fully saturated rings. The summed E-state index contributed by atoms with van der Waals surface area (Å²) in [5.41, 5.74) is 5.88. The molecule has 0 spiro atoms. The number of rotatable bonds is 2. The number of carbonyl (C=O) groups is 1. The van der Waals surface area contributed by atoms with E-state index in [-0.39, 0.29) is 5.91 Å². The topological polar surface area (TPSA) is 45.2 Å². The fourth-order valence-corrected chi connectivity index (χ4v) is 3.55. The molecular formula is C18H17N3OS. The lowest BCUT2D eigenvalue weighted by atomic mass is 10.0. The van der Waals surface area contributed by atoms with Crippen molar-refractivity contribution in [2.75, 3.05) is 26.2 Å². The van der Waals surface area contributed by atoms with Crippen molar-refractivity contribution in [1.29, 1.82) is 0 Å².